The average molecular weight is 1500 g/mol. The number of carbonyl (C=O) groups is 8. The summed E-state index contributed by atoms with van der Waals surface area (Å²) in [5, 5.41) is 43.3. The number of carbonyl (C=O) groups excluding carboxylic acids is 8. The number of aromatic hydroxyl groups is 1. The van der Waals surface area contributed by atoms with Gasteiger partial charge in [0.2, 0.25) is 17.7 Å². The highest BCUT2D eigenvalue weighted by molar-refractivity contribution is 6.13. The number of nitriles is 1. The molecule has 0 aliphatic carbocycles. The monoisotopic (exact) mass is 1500 g/mol. The number of phenols is 1. The van der Waals surface area contributed by atoms with Crippen LogP contribution in [0.15, 0.2) is 128 Å². The first-order chi connectivity index (χ1) is 51.9. The van der Waals surface area contributed by atoms with Crippen LogP contribution in [0.2, 0.25) is 0 Å². The smallest absolute Gasteiger partial charge is 0.430 e. The van der Waals surface area contributed by atoms with Crippen LogP contribution in [0.5, 0.6) is 11.5 Å². The van der Waals surface area contributed by atoms with Crippen molar-refractivity contribution >= 4 is 64.7 Å². The number of ether oxygens (including phenoxy) is 3. The van der Waals surface area contributed by atoms with Gasteiger partial charge >= 0.3 is 18.3 Å². The van der Waals surface area contributed by atoms with Crippen LogP contribution in [0.1, 0.15) is 110 Å². The fourth-order valence-electron chi connectivity index (χ4n) is 13.8. The Kier molecular flexibility index (Phi) is 27.3. The molecule has 1 saturated heterocycles. The maximum atomic E-state index is 15.4. The Labute approximate surface area is 631 Å². The maximum Gasteiger partial charge on any atom is 0.430 e. The molecule has 5 aromatic carbocycles. The molecule has 109 heavy (non-hydrogen) atoms. The topological polar surface area (TPSA) is 337 Å². The Morgan fingerprint density at radius 2 is 1.55 bits per heavy atom. The Bertz CT molecular complexity index is 4540. The molecular weight excluding hydrogens is 1410 g/mol. The average Bonchev–Trinajstić information content (AvgIpc) is 1.69. The number of halogens is 3. The lowest BCUT2D eigenvalue weighted by atomic mass is 9.89. The summed E-state index contributed by atoms with van der Waals surface area (Å²) in [7, 11) is 5.52. The molecule has 5 heterocycles. The second kappa shape index (κ2) is 36.4. The zero-order valence-corrected chi connectivity index (χ0v) is 62.5. The third-order valence-corrected chi connectivity index (χ3v) is 20.2. The molecule has 2 aromatic heterocycles. The van der Waals surface area contributed by atoms with E-state index >= 15 is 9.59 Å². The molecule has 8 N–H and O–H groups in total. The second-order valence-electron chi connectivity index (χ2n) is 27.9. The van der Waals surface area contributed by atoms with Crippen LogP contribution in [-0.2, 0) is 88.2 Å². The van der Waals surface area contributed by atoms with Gasteiger partial charge in [-0.1, -0.05) is 69.0 Å². The molecule has 3 aliphatic rings. The van der Waals surface area contributed by atoms with Crippen LogP contribution in [-0.4, -0.2) is 167 Å². The van der Waals surface area contributed by atoms with E-state index in [9.17, 15) is 47.5 Å². The number of aromatic nitrogens is 2. The molecule has 26 nitrogen and oxygen atoms in total. The minimum absolute atomic E-state index is 0.0391. The molecule has 8 amide bonds. The normalized spacial score (nSPS) is 14.9. The largest absolute Gasteiger partial charge is 0.542 e. The number of hydrogen-bond donors (Lipinski definition) is 7. The predicted octanol–water partition coefficient (Wildman–Crippen LogP) is 8.17. The van der Waals surface area contributed by atoms with Crippen molar-refractivity contribution in [2.45, 2.75) is 117 Å². The zero-order valence-electron chi connectivity index (χ0n) is 62.5. The summed E-state index contributed by atoms with van der Waals surface area (Å²) in [6, 6.07) is 34.9. The Hall–Kier alpha value is -11.5. The number of nitrogens with one attached hydrogen (secondary N) is 5. The summed E-state index contributed by atoms with van der Waals surface area (Å²) in [6.45, 7) is 19.1. The van der Waals surface area contributed by atoms with Crippen molar-refractivity contribution in [2.75, 3.05) is 76.4 Å². The second-order valence-corrected chi connectivity index (χ2v) is 27.9. The highest BCUT2D eigenvalue weighted by atomic mass is 19.4. The van der Waals surface area contributed by atoms with E-state index in [1.165, 1.54) is 23.8 Å². The lowest BCUT2D eigenvalue weighted by molar-refractivity contribution is -0.947. The van der Waals surface area contributed by atoms with E-state index in [4.69, 9.17) is 29.8 Å². The van der Waals surface area contributed by atoms with Gasteiger partial charge in [-0.25, -0.2) is 9.59 Å². The number of nitrogens with zero attached hydrogens (tertiary/aromatic N) is 7. The van der Waals surface area contributed by atoms with Crippen molar-refractivity contribution in [2.24, 2.45) is 25.7 Å². The number of hydrogen-bond acceptors (Lipinski definition) is 15. The van der Waals surface area contributed by atoms with Gasteiger partial charge in [-0.15, -0.1) is 0 Å². The van der Waals surface area contributed by atoms with Crippen molar-refractivity contribution in [1.82, 2.24) is 40.2 Å². The predicted molar refractivity (Wildman–Crippen MR) is 400 cm³/mol. The summed E-state index contributed by atoms with van der Waals surface area (Å²) in [4.78, 5) is 111. The van der Waals surface area contributed by atoms with Crippen molar-refractivity contribution in [3.8, 4) is 28.8 Å². The molecule has 0 saturated carbocycles. The highest BCUT2D eigenvalue weighted by Crippen LogP contribution is 2.39. The zero-order chi connectivity index (χ0) is 79.0. The van der Waals surface area contributed by atoms with Gasteiger partial charge in [-0.2, -0.15) is 18.4 Å². The molecule has 7 aromatic rings. The number of anilines is 3. The van der Waals surface area contributed by atoms with Gasteiger partial charge in [-0.05, 0) is 166 Å². The number of benzene rings is 5. The van der Waals surface area contributed by atoms with Gasteiger partial charge in [0.15, 0.2) is 0 Å². The first kappa shape index (κ1) is 81.6. The number of rotatable bonds is 27. The Morgan fingerprint density at radius 1 is 0.853 bits per heavy atom. The number of morpholine rings is 1. The number of nitrogens with two attached hydrogens (primary N) is 1. The lowest BCUT2D eigenvalue weighted by Gasteiger charge is -2.41. The number of phenolic OH excluding ortho intramolecular Hbond substituents is 1. The number of amides is 8. The Morgan fingerprint density at radius 3 is 2.19 bits per heavy atom. The van der Waals surface area contributed by atoms with Gasteiger partial charge in [0, 0.05) is 98.0 Å². The SMILES string of the molecule is C=CCOC(=O)N[C@H](C(=O)N[C@@H](CCCNC(N)=O)C(=O)Nc1ccc(C[N+]2(CCOc3ccc(CC(=O)N4CCc5cc(-c6cc(C(=O)N(c7ccc(O)cc7)c7cc(C#N)n(C)c7C)c(C)n6C)c(C(=O)N6Cc7ccccc7C[C@H]6C)cc5C4)cc3)CCOCC2)c(CNC)c1)C(C)C.O=C([O-])C(F)(F)F. The standard InChI is InChI=1S/C78H93N13O11.C2HF3O2/c1-10-33-102-78(99)85-72(49(2)3)74(95)84-68(16-13-28-82-77(80)98)73(94)83-60-20-19-57(58(39-60)45-81-7)48-91(30-34-100-35-31-91)32-36-101-64-25-17-53(18-26-64)38-71(93)88-29-27-55-40-66(67(41-59(55)46-88)75(96)89-47-56-15-12-11-14-54(56)37-50(89)4)70-43-65(51(5)87(70)9)76(97)90(61-21-23-63(92)24-22-61)69-42-62(44-79)86(8)52(69)6;3-2(4,5)1(6)7/h10-12,14-15,17-26,39-43,49-50,68,72,81H,1,13,16,27-38,45-48H2,2-9H3,(H6-,80,82,83,84,85,92,94,95,98,99);(H,6,7)/t50-,68+,72+;/m1./s1. The van der Waals surface area contributed by atoms with Crippen molar-refractivity contribution < 1.29 is 80.4 Å². The molecule has 0 unspecified atom stereocenters. The molecule has 1 fully saturated rings. The van der Waals surface area contributed by atoms with Crippen LogP contribution in [0.4, 0.5) is 39.8 Å². The summed E-state index contributed by atoms with van der Waals surface area (Å²) in [6.07, 6.45) is -2.73. The fourth-order valence-corrected chi connectivity index (χ4v) is 13.8. The van der Waals surface area contributed by atoms with Crippen LogP contribution >= 0.6 is 0 Å². The molecule has 29 heteroatoms. The van der Waals surface area contributed by atoms with E-state index in [2.05, 4.69) is 64.4 Å². The van der Waals surface area contributed by atoms with Crippen LogP contribution in [0.25, 0.3) is 11.3 Å². The van der Waals surface area contributed by atoms with Crippen LogP contribution in [0, 0.1) is 31.1 Å². The van der Waals surface area contributed by atoms with Crippen LogP contribution < -0.4 is 47.1 Å². The molecule has 0 radical (unpaired) electrons. The minimum Gasteiger partial charge on any atom is -0.542 e. The van der Waals surface area contributed by atoms with E-state index in [1.54, 1.807) is 48.6 Å². The molecule has 0 bridgehead atoms. The molecule has 578 valence electrons. The van der Waals surface area contributed by atoms with Crippen LogP contribution in [0.3, 0.4) is 0 Å². The van der Waals surface area contributed by atoms with Crippen molar-refractivity contribution in [3.05, 3.63) is 195 Å². The molecular formula is C80H94F3N13O13. The highest BCUT2D eigenvalue weighted by Gasteiger charge is 2.37. The van der Waals surface area contributed by atoms with Gasteiger partial charge in [0.1, 0.15) is 80.7 Å². The number of fused-ring (bicyclic) bond motifs is 2. The third-order valence-electron chi connectivity index (χ3n) is 20.2. The summed E-state index contributed by atoms with van der Waals surface area (Å²) in [5.41, 5.74) is 17.8. The summed E-state index contributed by atoms with van der Waals surface area (Å²) in [5.74, 6) is -4.28. The van der Waals surface area contributed by atoms with Crippen molar-refractivity contribution in [1.29, 1.82) is 5.26 Å². The Balaban J connectivity index is 0.00000186. The maximum absolute atomic E-state index is 15.4. The van der Waals surface area contributed by atoms with E-state index < -0.39 is 48.2 Å². The fraction of sp³-hybridized carbons (Fsp3) is 0.388. The van der Waals surface area contributed by atoms with Gasteiger partial charge in [0.05, 0.1) is 30.9 Å². The number of quaternary nitrogens is 1. The lowest BCUT2D eigenvalue weighted by Crippen LogP contribution is -2.56. The molecule has 10 rings (SSSR count). The quantitative estimate of drug-likeness (QED) is 0.0145. The first-order valence-corrected chi connectivity index (χ1v) is 36.0. The number of primary amides is 1. The number of urea groups is 1. The number of alkyl carbamates (subject to hydrolysis) is 1. The first-order valence-electron chi connectivity index (χ1n) is 36.0. The third kappa shape index (κ3) is 20.4. The summed E-state index contributed by atoms with van der Waals surface area (Å²) >= 11 is 0. The summed E-state index contributed by atoms with van der Waals surface area (Å²) < 4.78 is 53.3. The number of alkyl halides is 3. The van der Waals surface area contributed by atoms with Gasteiger partial charge in [0.25, 0.3) is 11.8 Å². The van der Waals surface area contributed by atoms with E-state index in [0.717, 1.165) is 46.5 Å². The molecule has 0 spiro atoms. The number of carboxylic acids is 1. The number of aliphatic carboxylic acids is 1. The van der Waals surface area contributed by atoms with Gasteiger partial charge < -0.3 is 85.0 Å². The van der Waals surface area contributed by atoms with E-state index in [0.29, 0.717) is 145 Å². The van der Waals surface area contributed by atoms with E-state index in [1.807, 2.05) is 109 Å². The van der Waals surface area contributed by atoms with Gasteiger partial charge in [-0.3, -0.25) is 28.9 Å². The minimum atomic E-state index is -5.19. The molecule has 3 aliphatic heterocycles. The molecule has 3 atom stereocenters. The number of carboxylic acid groups (broad SMARTS) is 1. The van der Waals surface area contributed by atoms with Crippen molar-refractivity contribution in [3.63, 3.8) is 0 Å². The van der Waals surface area contributed by atoms with E-state index in [-0.39, 0.29) is 61.4 Å².